The Morgan fingerprint density at radius 1 is 0.805 bits per heavy atom. The van der Waals surface area contributed by atoms with Gasteiger partial charge < -0.3 is 50.1 Å². The van der Waals surface area contributed by atoms with Crippen LogP contribution in [-0.2, 0) is 0 Å². The SMILES string of the molecule is Cl.N.N.N.N.O=C(Nc1ccccc1F)c1ccc(Nc2nc(N3CCCCC3)nc(N3CCCCC3)n2)cc1O.[HH].[HH].[HH].[HH]. The highest BCUT2D eigenvalue weighted by Crippen LogP contribution is 2.27. The van der Waals surface area contributed by atoms with E-state index in [4.69, 9.17) is 4.98 Å². The number of phenols is 1. The Kier molecular flexibility index (Phi) is 15.5. The van der Waals surface area contributed by atoms with Gasteiger partial charge in [0, 0.05) is 43.6 Å². The highest BCUT2D eigenvalue weighted by molar-refractivity contribution is 6.06. The number of halogens is 2. The molecule has 0 aliphatic carbocycles. The molecule has 0 saturated carbocycles. The summed E-state index contributed by atoms with van der Waals surface area (Å²) >= 11 is 0. The van der Waals surface area contributed by atoms with Crippen LogP contribution in [0.1, 0.15) is 54.6 Å². The summed E-state index contributed by atoms with van der Waals surface area (Å²) in [5, 5.41) is 16.2. The lowest BCUT2D eigenvalue weighted by Gasteiger charge is -2.30. The molecular weight excluding hydrogens is 553 g/mol. The number of anilines is 5. The molecule has 0 spiro atoms. The fourth-order valence-electron chi connectivity index (χ4n) is 4.56. The largest absolute Gasteiger partial charge is 0.507 e. The molecule has 13 nitrogen and oxygen atoms in total. The van der Waals surface area contributed by atoms with Crippen LogP contribution in [-0.4, -0.2) is 52.1 Å². The molecule has 5 rings (SSSR count). The van der Waals surface area contributed by atoms with E-state index in [0.717, 1.165) is 51.9 Å². The van der Waals surface area contributed by atoms with Crippen LogP contribution in [0.25, 0.3) is 0 Å². The number of nitrogens with one attached hydrogen (secondary N) is 2. The molecule has 0 radical (unpaired) electrons. The van der Waals surface area contributed by atoms with Gasteiger partial charge in [0.15, 0.2) is 0 Å². The molecule has 15 heteroatoms. The van der Waals surface area contributed by atoms with Crippen LogP contribution in [0.2, 0.25) is 0 Å². The summed E-state index contributed by atoms with van der Waals surface area (Å²) in [6, 6.07) is 10.4. The number of aromatic hydroxyl groups is 1. The van der Waals surface area contributed by atoms with Gasteiger partial charge in [0.1, 0.15) is 11.6 Å². The van der Waals surface area contributed by atoms with Gasteiger partial charge in [-0.25, -0.2) is 4.39 Å². The van der Waals surface area contributed by atoms with E-state index in [1.54, 1.807) is 12.1 Å². The summed E-state index contributed by atoms with van der Waals surface area (Å²) in [5.41, 5.74) is 0.600. The van der Waals surface area contributed by atoms with Crippen LogP contribution in [0.5, 0.6) is 5.75 Å². The van der Waals surface area contributed by atoms with Crippen molar-refractivity contribution in [2.75, 3.05) is 46.6 Å². The number of benzene rings is 2. The molecule has 2 aliphatic heterocycles. The molecule has 2 aromatic carbocycles. The number of rotatable bonds is 6. The minimum absolute atomic E-state index is 0. The van der Waals surface area contributed by atoms with E-state index in [9.17, 15) is 14.3 Å². The van der Waals surface area contributed by atoms with Crippen LogP contribution in [0.4, 0.5) is 33.6 Å². The van der Waals surface area contributed by atoms with Crippen LogP contribution in [0.15, 0.2) is 42.5 Å². The van der Waals surface area contributed by atoms with Gasteiger partial charge in [-0.15, -0.1) is 12.4 Å². The van der Waals surface area contributed by atoms with Gasteiger partial charge in [0.2, 0.25) is 17.8 Å². The minimum atomic E-state index is -0.607. The van der Waals surface area contributed by atoms with E-state index >= 15 is 0 Å². The number of phenolic OH excluding ortho intramolecular Hbond substituents is 1. The predicted octanol–water partition coefficient (Wildman–Crippen LogP) is 6.75. The first kappa shape index (κ1) is 37.2. The van der Waals surface area contributed by atoms with Crippen LogP contribution in [0, 0.1) is 5.82 Å². The lowest BCUT2D eigenvalue weighted by molar-refractivity contribution is 0.102. The number of amides is 1. The standard InChI is InChI=1S/C26H30FN7O2.ClH.4H3N.4H2/c27-20-9-3-4-10-21(20)29-23(36)19-12-11-18(17-22(19)35)28-24-30-25(33-13-5-1-6-14-33)32-26(31-24)34-15-7-2-8-16-34;;;;;;;;;/h3-4,9-12,17,35H,1-2,5-8,13-16H2,(H,29,36)(H,28,30,31,32);1H;4*1H3;4*1H. The van der Waals surface area contributed by atoms with Crippen molar-refractivity contribution in [1.82, 2.24) is 39.6 Å². The minimum Gasteiger partial charge on any atom is -0.507 e. The molecule has 2 aliphatic rings. The highest BCUT2D eigenvalue weighted by Gasteiger charge is 2.21. The Bertz CT molecular complexity index is 1230. The van der Waals surface area contributed by atoms with Crippen LogP contribution in [0.3, 0.4) is 0 Å². The van der Waals surface area contributed by atoms with Gasteiger partial charge in [-0.1, -0.05) is 12.1 Å². The molecule has 1 amide bonds. The van der Waals surface area contributed by atoms with Gasteiger partial charge in [-0.2, -0.15) is 15.0 Å². The van der Waals surface area contributed by atoms with Gasteiger partial charge in [-0.05, 0) is 62.8 Å². The van der Waals surface area contributed by atoms with Gasteiger partial charge >= 0.3 is 0 Å². The fourth-order valence-corrected chi connectivity index (χ4v) is 4.56. The van der Waals surface area contributed by atoms with E-state index in [1.165, 1.54) is 43.2 Å². The van der Waals surface area contributed by atoms with Crippen molar-refractivity contribution < 1.29 is 20.0 Å². The first-order chi connectivity index (χ1) is 17.6. The average molecular weight is 604 g/mol. The first-order valence-corrected chi connectivity index (χ1v) is 12.5. The zero-order valence-corrected chi connectivity index (χ0v) is 24.1. The van der Waals surface area contributed by atoms with E-state index in [0.29, 0.717) is 23.5 Å². The second-order valence-corrected chi connectivity index (χ2v) is 9.15. The number of nitrogens with zero attached hydrogens (tertiary/aromatic N) is 5. The molecule has 0 atom stereocenters. The third kappa shape index (κ3) is 9.09. The number of carbonyl (C=O) groups excluding carboxylic acids is 1. The lowest BCUT2D eigenvalue weighted by atomic mass is 10.1. The van der Waals surface area contributed by atoms with E-state index in [-0.39, 0.29) is 59.7 Å². The molecule has 15 N–H and O–H groups in total. The Morgan fingerprint density at radius 3 is 1.85 bits per heavy atom. The van der Waals surface area contributed by atoms with Gasteiger partial charge in [-0.3, -0.25) is 4.79 Å². The van der Waals surface area contributed by atoms with Gasteiger partial charge in [0.25, 0.3) is 5.91 Å². The summed E-state index contributed by atoms with van der Waals surface area (Å²) in [6.45, 7) is 3.65. The van der Waals surface area contributed by atoms with E-state index in [2.05, 4.69) is 30.4 Å². The smallest absolute Gasteiger partial charge is 0.259 e. The van der Waals surface area contributed by atoms with Crippen molar-refractivity contribution in [3.05, 3.63) is 53.8 Å². The maximum Gasteiger partial charge on any atom is 0.259 e. The molecule has 236 valence electrons. The molecule has 41 heavy (non-hydrogen) atoms. The van der Waals surface area contributed by atoms with Gasteiger partial charge in [0.05, 0.1) is 11.3 Å². The number of piperidine rings is 2. The number of aromatic nitrogens is 3. The van der Waals surface area contributed by atoms with Crippen molar-refractivity contribution in [2.45, 2.75) is 38.5 Å². The van der Waals surface area contributed by atoms with Crippen LogP contribution < -0.4 is 45.0 Å². The molecule has 2 fully saturated rings. The fraction of sp³-hybridized carbons (Fsp3) is 0.385. The zero-order chi connectivity index (χ0) is 24.9. The molecule has 3 heterocycles. The number of hydrogen-bond donors (Lipinski definition) is 7. The third-order valence-corrected chi connectivity index (χ3v) is 6.51. The molecule has 2 saturated heterocycles. The summed E-state index contributed by atoms with van der Waals surface area (Å²) < 4.78 is 13.9. The molecule has 0 unspecified atom stereocenters. The molecule has 1 aromatic heterocycles. The average Bonchev–Trinajstić information content (AvgIpc) is 2.91. The Hall–Kier alpha value is -3.82. The summed E-state index contributed by atoms with van der Waals surface area (Å²) in [7, 11) is 0. The maximum atomic E-state index is 13.9. The lowest BCUT2D eigenvalue weighted by Crippen LogP contribution is -2.34. The quantitative estimate of drug-likeness (QED) is 0.154. The predicted molar refractivity (Wildman–Crippen MR) is 173 cm³/mol. The maximum absolute atomic E-state index is 13.9. The topological polar surface area (TPSA) is 247 Å². The second-order valence-electron chi connectivity index (χ2n) is 9.15. The van der Waals surface area contributed by atoms with Crippen molar-refractivity contribution in [1.29, 1.82) is 0 Å². The van der Waals surface area contributed by atoms with Crippen molar-refractivity contribution in [3.63, 3.8) is 0 Å². The third-order valence-electron chi connectivity index (χ3n) is 6.51. The molecular formula is C26H51ClFN11O2. The van der Waals surface area contributed by atoms with Crippen LogP contribution >= 0.6 is 12.4 Å². The summed E-state index contributed by atoms with van der Waals surface area (Å²) in [5.74, 6) is 0.289. The number of hydrogen-bond acceptors (Lipinski definition) is 12. The molecule has 0 bridgehead atoms. The van der Waals surface area contributed by atoms with Crippen molar-refractivity contribution in [2.24, 2.45) is 0 Å². The van der Waals surface area contributed by atoms with Crippen molar-refractivity contribution in [3.8, 4) is 5.75 Å². The second kappa shape index (κ2) is 17.1. The van der Waals surface area contributed by atoms with E-state index < -0.39 is 11.7 Å². The normalized spacial score (nSPS) is 14.1. The zero-order valence-electron chi connectivity index (χ0n) is 23.3. The number of carbonyl (C=O) groups is 1. The molecule has 3 aromatic rings. The van der Waals surface area contributed by atoms with E-state index in [1.807, 2.05) is 0 Å². The number of para-hydroxylation sites is 1. The highest BCUT2D eigenvalue weighted by atomic mass is 35.5. The Morgan fingerprint density at radius 2 is 1.34 bits per heavy atom. The Labute approximate surface area is 252 Å². The first-order valence-electron chi connectivity index (χ1n) is 12.5. The summed E-state index contributed by atoms with van der Waals surface area (Å²) in [4.78, 5) is 31.1. The monoisotopic (exact) mass is 603 g/mol. The van der Waals surface area contributed by atoms with Crippen molar-refractivity contribution >= 4 is 47.5 Å². The summed E-state index contributed by atoms with van der Waals surface area (Å²) in [6.07, 6.45) is 6.86. The Balaban J connectivity index is -0.000000593.